The molecule has 1 amide bonds. The van der Waals surface area contributed by atoms with Gasteiger partial charge in [0.2, 0.25) is 5.91 Å². The number of amides is 1. The van der Waals surface area contributed by atoms with Crippen molar-refractivity contribution in [3.63, 3.8) is 0 Å². The predicted octanol–water partition coefficient (Wildman–Crippen LogP) is 2.61. The molecular weight excluding hydrogens is 316 g/mol. The Kier molecular flexibility index (Phi) is 5.36. The largest absolute Gasteiger partial charge is 0.493 e. The van der Waals surface area contributed by atoms with Gasteiger partial charge in [-0.3, -0.25) is 4.79 Å². The van der Waals surface area contributed by atoms with E-state index in [9.17, 15) is 4.79 Å². The number of piperidine rings is 1. The van der Waals surface area contributed by atoms with Gasteiger partial charge in [-0.15, -0.1) is 10.2 Å². The highest BCUT2D eigenvalue weighted by Crippen LogP contribution is 2.25. The number of ether oxygens (including phenoxy) is 1. The fourth-order valence-corrected chi connectivity index (χ4v) is 3.44. The first-order valence-corrected chi connectivity index (χ1v) is 8.86. The van der Waals surface area contributed by atoms with Gasteiger partial charge in [0.25, 0.3) is 0 Å². The number of benzene rings is 1. The highest BCUT2D eigenvalue weighted by atomic mass is 16.5. The van der Waals surface area contributed by atoms with Crippen LogP contribution in [0.3, 0.4) is 0 Å². The summed E-state index contributed by atoms with van der Waals surface area (Å²) in [6.07, 6.45) is 4.17. The third-order valence-corrected chi connectivity index (χ3v) is 4.79. The number of hydrogen-bond acceptors (Lipinski definition) is 4. The molecule has 25 heavy (non-hydrogen) atoms. The molecule has 0 N–H and O–H groups in total. The highest BCUT2D eigenvalue weighted by molar-refractivity contribution is 5.76. The van der Waals surface area contributed by atoms with E-state index in [1.807, 2.05) is 35.6 Å². The van der Waals surface area contributed by atoms with Crippen molar-refractivity contribution in [2.75, 3.05) is 19.7 Å². The van der Waals surface area contributed by atoms with Gasteiger partial charge in [0, 0.05) is 26.1 Å². The van der Waals surface area contributed by atoms with E-state index in [1.54, 1.807) is 6.33 Å². The summed E-state index contributed by atoms with van der Waals surface area (Å²) in [6, 6.07) is 6.09. The van der Waals surface area contributed by atoms with Crippen LogP contribution in [0.2, 0.25) is 0 Å². The standard InChI is InChI=1S/C19H26N4O2/c1-14-6-7-17(15(2)11-14)25-10-8-18(24)23-9-4-5-16(12-23)19-21-20-13-22(19)3/h6-7,11,13,16H,4-5,8-10,12H2,1-3H3. The molecule has 6 heteroatoms. The quantitative estimate of drug-likeness (QED) is 0.838. The van der Waals surface area contributed by atoms with Crippen LogP contribution < -0.4 is 4.74 Å². The van der Waals surface area contributed by atoms with E-state index < -0.39 is 0 Å². The number of rotatable bonds is 5. The summed E-state index contributed by atoms with van der Waals surface area (Å²) in [5.74, 6) is 2.24. The van der Waals surface area contributed by atoms with Crippen LogP contribution in [0.15, 0.2) is 24.5 Å². The number of nitrogens with zero attached hydrogens (tertiary/aromatic N) is 4. The molecule has 2 heterocycles. The van der Waals surface area contributed by atoms with Gasteiger partial charge in [-0.1, -0.05) is 17.7 Å². The maximum absolute atomic E-state index is 12.5. The lowest BCUT2D eigenvalue weighted by atomic mass is 9.97. The van der Waals surface area contributed by atoms with Crippen molar-refractivity contribution in [1.82, 2.24) is 19.7 Å². The summed E-state index contributed by atoms with van der Waals surface area (Å²) in [6.45, 7) is 6.03. The van der Waals surface area contributed by atoms with E-state index in [0.29, 0.717) is 13.0 Å². The molecule has 6 nitrogen and oxygen atoms in total. The van der Waals surface area contributed by atoms with Crippen LogP contribution in [0.4, 0.5) is 0 Å². The van der Waals surface area contributed by atoms with Crippen molar-refractivity contribution >= 4 is 5.91 Å². The molecule has 1 saturated heterocycles. The van der Waals surface area contributed by atoms with Crippen LogP contribution in [0, 0.1) is 13.8 Å². The monoisotopic (exact) mass is 342 g/mol. The number of likely N-dealkylation sites (tertiary alicyclic amines) is 1. The average molecular weight is 342 g/mol. The molecule has 1 aliphatic rings. The zero-order valence-electron chi connectivity index (χ0n) is 15.2. The maximum Gasteiger partial charge on any atom is 0.226 e. The van der Waals surface area contributed by atoms with E-state index in [4.69, 9.17) is 4.74 Å². The summed E-state index contributed by atoms with van der Waals surface area (Å²) in [5.41, 5.74) is 2.32. The molecule has 0 aliphatic carbocycles. The minimum absolute atomic E-state index is 0.150. The van der Waals surface area contributed by atoms with Gasteiger partial charge in [0.05, 0.1) is 13.0 Å². The number of carbonyl (C=O) groups is 1. The van der Waals surface area contributed by atoms with Crippen molar-refractivity contribution in [2.45, 2.75) is 39.0 Å². The molecule has 1 aromatic heterocycles. The zero-order chi connectivity index (χ0) is 17.8. The van der Waals surface area contributed by atoms with Gasteiger partial charge < -0.3 is 14.2 Å². The number of carbonyl (C=O) groups excluding carboxylic acids is 1. The summed E-state index contributed by atoms with van der Waals surface area (Å²) in [5, 5.41) is 8.16. The smallest absolute Gasteiger partial charge is 0.226 e. The topological polar surface area (TPSA) is 60.2 Å². The van der Waals surface area contributed by atoms with Gasteiger partial charge in [0.15, 0.2) is 0 Å². The predicted molar refractivity (Wildman–Crippen MR) is 95.6 cm³/mol. The molecule has 3 rings (SSSR count). The van der Waals surface area contributed by atoms with Gasteiger partial charge in [-0.2, -0.15) is 0 Å². The fourth-order valence-electron chi connectivity index (χ4n) is 3.44. The summed E-state index contributed by atoms with van der Waals surface area (Å²) >= 11 is 0. The van der Waals surface area contributed by atoms with Gasteiger partial charge in [-0.05, 0) is 38.3 Å². The maximum atomic E-state index is 12.5. The molecule has 0 spiro atoms. The lowest BCUT2D eigenvalue weighted by Gasteiger charge is -2.32. The molecule has 1 fully saturated rings. The molecular formula is C19H26N4O2. The first-order valence-electron chi connectivity index (χ1n) is 8.86. The van der Waals surface area contributed by atoms with Crippen LogP contribution in [0.25, 0.3) is 0 Å². The van der Waals surface area contributed by atoms with Gasteiger partial charge >= 0.3 is 0 Å². The van der Waals surface area contributed by atoms with Crippen LogP contribution in [0.5, 0.6) is 5.75 Å². The lowest BCUT2D eigenvalue weighted by molar-refractivity contribution is -0.133. The molecule has 0 radical (unpaired) electrons. The molecule has 1 unspecified atom stereocenters. The second kappa shape index (κ2) is 7.68. The first kappa shape index (κ1) is 17.5. The number of aryl methyl sites for hydroxylation is 3. The molecule has 0 saturated carbocycles. The normalized spacial score (nSPS) is 17.6. The van der Waals surface area contributed by atoms with Crippen LogP contribution in [-0.4, -0.2) is 45.3 Å². The van der Waals surface area contributed by atoms with E-state index >= 15 is 0 Å². The Morgan fingerprint density at radius 2 is 2.20 bits per heavy atom. The second-order valence-corrected chi connectivity index (χ2v) is 6.85. The van der Waals surface area contributed by atoms with Gasteiger partial charge in [0.1, 0.15) is 17.9 Å². The third kappa shape index (κ3) is 4.18. The lowest BCUT2D eigenvalue weighted by Crippen LogP contribution is -2.40. The minimum atomic E-state index is 0.150. The van der Waals surface area contributed by atoms with Crippen molar-refractivity contribution in [3.8, 4) is 5.75 Å². The van der Waals surface area contributed by atoms with E-state index in [2.05, 4.69) is 23.2 Å². The second-order valence-electron chi connectivity index (χ2n) is 6.85. The highest BCUT2D eigenvalue weighted by Gasteiger charge is 2.27. The number of hydrogen-bond donors (Lipinski definition) is 0. The van der Waals surface area contributed by atoms with Crippen LogP contribution in [0.1, 0.15) is 42.1 Å². The molecule has 1 aromatic carbocycles. The average Bonchev–Trinajstić information content (AvgIpc) is 3.03. The fraction of sp³-hybridized carbons (Fsp3) is 0.526. The van der Waals surface area contributed by atoms with E-state index in [0.717, 1.165) is 43.1 Å². The van der Waals surface area contributed by atoms with Crippen molar-refractivity contribution in [3.05, 3.63) is 41.5 Å². The van der Waals surface area contributed by atoms with Gasteiger partial charge in [-0.25, -0.2) is 0 Å². The SMILES string of the molecule is Cc1ccc(OCCC(=O)N2CCCC(c3nncn3C)C2)c(C)c1. The van der Waals surface area contributed by atoms with Crippen molar-refractivity contribution in [1.29, 1.82) is 0 Å². The first-order chi connectivity index (χ1) is 12.0. The Labute approximate surface area is 148 Å². The van der Waals surface area contributed by atoms with Crippen molar-refractivity contribution < 1.29 is 9.53 Å². The van der Waals surface area contributed by atoms with Crippen LogP contribution in [-0.2, 0) is 11.8 Å². The Balaban J connectivity index is 1.51. The van der Waals surface area contributed by atoms with E-state index in [-0.39, 0.29) is 11.8 Å². The molecule has 134 valence electrons. The summed E-state index contributed by atoms with van der Waals surface area (Å²) in [4.78, 5) is 14.5. The summed E-state index contributed by atoms with van der Waals surface area (Å²) < 4.78 is 7.74. The Hall–Kier alpha value is -2.37. The molecule has 1 aliphatic heterocycles. The Morgan fingerprint density at radius 1 is 1.36 bits per heavy atom. The number of aromatic nitrogens is 3. The Morgan fingerprint density at radius 3 is 2.92 bits per heavy atom. The summed E-state index contributed by atoms with van der Waals surface area (Å²) in [7, 11) is 1.95. The van der Waals surface area contributed by atoms with Crippen LogP contribution >= 0.6 is 0 Å². The minimum Gasteiger partial charge on any atom is -0.493 e. The Bertz CT molecular complexity index is 741. The molecule has 1 atom stereocenters. The van der Waals surface area contributed by atoms with Crippen molar-refractivity contribution in [2.24, 2.45) is 7.05 Å². The third-order valence-electron chi connectivity index (χ3n) is 4.79. The zero-order valence-corrected chi connectivity index (χ0v) is 15.2. The van der Waals surface area contributed by atoms with E-state index in [1.165, 1.54) is 5.56 Å². The molecule has 2 aromatic rings. The molecule has 0 bridgehead atoms.